The van der Waals surface area contributed by atoms with Crippen molar-refractivity contribution in [1.82, 2.24) is 4.98 Å². The smallest absolute Gasteiger partial charge is 0.464 e. The van der Waals surface area contributed by atoms with E-state index in [9.17, 15) is 22.4 Å². The number of pyridine rings is 1. The van der Waals surface area contributed by atoms with E-state index in [4.69, 9.17) is 0 Å². The second-order valence-corrected chi connectivity index (χ2v) is 4.09. The molecule has 0 N–H and O–H groups in total. The van der Waals surface area contributed by atoms with Crippen molar-refractivity contribution in [3.8, 4) is 16.9 Å². The van der Waals surface area contributed by atoms with Crippen LogP contribution in [0.1, 0.15) is 10.5 Å². The van der Waals surface area contributed by atoms with Crippen molar-refractivity contribution >= 4 is 5.97 Å². The van der Waals surface area contributed by atoms with Crippen LogP contribution in [0.4, 0.5) is 17.6 Å². The summed E-state index contributed by atoms with van der Waals surface area (Å²) in [7, 11) is 1.08. The Morgan fingerprint density at radius 2 is 1.86 bits per heavy atom. The number of para-hydroxylation sites is 1. The summed E-state index contributed by atoms with van der Waals surface area (Å²) in [6, 6.07) is 5.93. The normalized spacial score (nSPS) is 11.1. The molecule has 8 heteroatoms. The van der Waals surface area contributed by atoms with Crippen LogP contribution >= 0.6 is 0 Å². The van der Waals surface area contributed by atoms with Crippen molar-refractivity contribution in [3.63, 3.8) is 0 Å². The van der Waals surface area contributed by atoms with Gasteiger partial charge < -0.3 is 9.47 Å². The maximum Gasteiger partial charge on any atom is 0.573 e. The fourth-order valence-electron chi connectivity index (χ4n) is 1.81. The molecule has 0 fully saturated rings. The summed E-state index contributed by atoms with van der Waals surface area (Å²) in [5.74, 6) is -2.30. The minimum atomic E-state index is -4.93. The van der Waals surface area contributed by atoms with E-state index >= 15 is 0 Å². The first-order valence-electron chi connectivity index (χ1n) is 5.91. The summed E-state index contributed by atoms with van der Waals surface area (Å²) < 4.78 is 59.1. The molecule has 0 aliphatic heterocycles. The third-order valence-corrected chi connectivity index (χ3v) is 2.64. The highest BCUT2D eigenvalue weighted by Crippen LogP contribution is 2.35. The Kier molecular flexibility index (Phi) is 4.30. The lowest BCUT2D eigenvalue weighted by Gasteiger charge is -2.14. The molecule has 0 aliphatic carbocycles. The minimum absolute atomic E-state index is 0.132. The molecule has 1 heterocycles. The molecular formula is C14H9F4NO3. The quantitative estimate of drug-likeness (QED) is 0.642. The van der Waals surface area contributed by atoms with Gasteiger partial charge in [-0.25, -0.2) is 14.2 Å². The molecule has 4 nitrogen and oxygen atoms in total. The Balaban J connectivity index is 2.61. The van der Waals surface area contributed by atoms with E-state index in [0.717, 1.165) is 25.4 Å². The highest BCUT2D eigenvalue weighted by Gasteiger charge is 2.32. The van der Waals surface area contributed by atoms with Crippen LogP contribution in [-0.4, -0.2) is 24.4 Å². The Morgan fingerprint density at radius 3 is 2.50 bits per heavy atom. The fourth-order valence-corrected chi connectivity index (χ4v) is 1.81. The second kappa shape index (κ2) is 6.00. The third-order valence-electron chi connectivity index (χ3n) is 2.64. The molecule has 0 amide bonds. The Morgan fingerprint density at radius 1 is 1.18 bits per heavy atom. The van der Waals surface area contributed by atoms with Crippen LogP contribution in [0, 0.1) is 5.82 Å². The predicted molar refractivity (Wildman–Crippen MR) is 67.7 cm³/mol. The molecule has 2 aromatic rings. The molecule has 1 aromatic heterocycles. The number of hydrogen-bond donors (Lipinski definition) is 0. The van der Waals surface area contributed by atoms with Crippen LogP contribution in [0.5, 0.6) is 5.75 Å². The van der Waals surface area contributed by atoms with Gasteiger partial charge in [-0.3, -0.25) is 0 Å². The number of halogens is 4. The van der Waals surface area contributed by atoms with Crippen molar-refractivity contribution in [2.24, 2.45) is 0 Å². The van der Waals surface area contributed by atoms with Gasteiger partial charge in [0.15, 0.2) is 5.69 Å². The molecule has 0 radical (unpaired) electrons. The van der Waals surface area contributed by atoms with Crippen LogP contribution in [0.25, 0.3) is 11.1 Å². The van der Waals surface area contributed by atoms with Gasteiger partial charge in [-0.2, -0.15) is 0 Å². The number of benzene rings is 1. The zero-order valence-corrected chi connectivity index (χ0v) is 11.1. The van der Waals surface area contributed by atoms with Gasteiger partial charge in [0.25, 0.3) is 0 Å². The SMILES string of the molecule is COC(=O)c1ncc(F)cc1-c1ccccc1OC(F)(F)F. The second-order valence-electron chi connectivity index (χ2n) is 4.09. The fraction of sp³-hybridized carbons (Fsp3) is 0.143. The van der Waals surface area contributed by atoms with Gasteiger partial charge >= 0.3 is 12.3 Å². The maximum absolute atomic E-state index is 13.4. The van der Waals surface area contributed by atoms with Crippen LogP contribution in [0.2, 0.25) is 0 Å². The predicted octanol–water partition coefficient (Wildman–Crippen LogP) is 3.57. The lowest BCUT2D eigenvalue weighted by Crippen LogP contribution is -2.18. The first-order chi connectivity index (χ1) is 10.3. The number of carbonyl (C=O) groups is 1. The molecule has 0 saturated carbocycles. The molecule has 0 saturated heterocycles. The first-order valence-corrected chi connectivity index (χ1v) is 5.91. The molecule has 0 spiro atoms. The molecule has 0 atom stereocenters. The average molecular weight is 315 g/mol. The summed E-state index contributed by atoms with van der Waals surface area (Å²) >= 11 is 0. The monoisotopic (exact) mass is 315 g/mol. The zero-order chi connectivity index (χ0) is 16.3. The topological polar surface area (TPSA) is 48.4 Å². The lowest BCUT2D eigenvalue weighted by molar-refractivity contribution is -0.274. The molecule has 1 aromatic carbocycles. The largest absolute Gasteiger partial charge is 0.573 e. The molecular weight excluding hydrogens is 306 g/mol. The van der Waals surface area contributed by atoms with E-state index < -0.39 is 23.9 Å². The van der Waals surface area contributed by atoms with Crippen LogP contribution in [-0.2, 0) is 4.74 Å². The minimum Gasteiger partial charge on any atom is -0.464 e. The number of rotatable bonds is 3. The van der Waals surface area contributed by atoms with Gasteiger partial charge in [-0.1, -0.05) is 18.2 Å². The van der Waals surface area contributed by atoms with E-state index in [-0.39, 0.29) is 16.8 Å². The average Bonchev–Trinajstić information content (AvgIpc) is 2.45. The maximum atomic E-state index is 13.4. The highest BCUT2D eigenvalue weighted by molar-refractivity contribution is 5.96. The Labute approximate surface area is 122 Å². The van der Waals surface area contributed by atoms with E-state index in [1.54, 1.807) is 0 Å². The van der Waals surface area contributed by atoms with Gasteiger partial charge in [-0.15, -0.1) is 13.2 Å². The van der Waals surface area contributed by atoms with Crippen LogP contribution in [0.15, 0.2) is 36.5 Å². The lowest BCUT2D eigenvalue weighted by atomic mass is 10.0. The zero-order valence-electron chi connectivity index (χ0n) is 11.1. The van der Waals surface area contributed by atoms with Crippen molar-refractivity contribution in [3.05, 3.63) is 48.0 Å². The summed E-state index contributed by atoms with van der Waals surface area (Å²) in [4.78, 5) is 15.2. The van der Waals surface area contributed by atoms with Gasteiger partial charge in [-0.05, 0) is 12.1 Å². The summed E-state index contributed by atoms with van der Waals surface area (Å²) in [5, 5.41) is 0. The van der Waals surface area contributed by atoms with Crippen molar-refractivity contribution in [1.29, 1.82) is 0 Å². The van der Waals surface area contributed by atoms with Crippen molar-refractivity contribution < 1.29 is 31.8 Å². The molecule has 0 aliphatic rings. The number of hydrogen-bond acceptors (Lipinski definition) is 4. The number of aromatic nitrogens is 1. The number of alkyl halides is 3. The standard InChI is InChI=1S/C14H9F4NO3/c1-21-13(20)12-10(6-8(15)7-19-12)9-4-2-3-5-11(9)22-14(16,17)18/h2-7H,1H3. The first kappa shape index (κ1) is 15.7. The van der Waals surface area contributed by atoms with Crippen molar-refractivity contribution in [2.75, 3.05) is 7.11 Å². The van der Waals surface area contributed by atoms with E-state index in [0.29, 0.717) is 0 Å². The molecule has 116 valence electrons. The van der Waals surface area contributed by atoms with E-state index in [1.807, 2.05) is 0 Å². The number of methoxy groups -OCH3 is 1. The van der Waals surface area contributed by atoms with Gasteiger partial charge in [0.2, 0.25) is 0 Å². The summed E-state index contributed by atoms with van der Waals surface area (Å²) in [6.07, 6.45) is -4.16. The van der Waals surface area contributed by atoms with Crippen LogP contribution < -0.4 is 4.74 Å². The number of nitrogens with zero attached hydrogens (tertiary/aromatic N) is 1. The molecule has 2 rings (SSSR count). The van der Waals surface area contributed by atoms with Gasteiger partial charge in [0.1, 0.15) is 11.6 Å². The highest BCUT2D eigenvalue weighted by atomic mass is 19.4. The molecule has 0 bridgehead atoms. The summed E-state index contributed by atoms with van der Waals surface area (Å²) in [6.45, 7) is 0. The summed E-state index contributed by atoms with van der Waals surface area (Å²) in [5.41, 5.74) is -0.610. The third kappa shape index (κ3) is 3.51. The molecule has 22 heavy (non-hydrogen) atoms. The number of carbonyl (C=O) groups excluding carboxylic acids is 1. The van der Waals surface area contributed by atoms with E-state index in [1.165, 1.54) is 18.2 Å². The number of esters is 1. The Hall–Kier alpha value is -2.64. The number of ether oxygens (including phenoxy) is 2. The van der Waals surface area contributed by atoms with Crippen LogP contribution in [0.3, 0.4) is 0 Å². The van der Waals surface area contributed by atoms with Gasteiger partial charge in [0, 0.05) is 11.1 Å². The molecule has 0 unspecified atom stereocenters. The van der Waals surface area contributed by atoms with Crippen molar-refractivity contribution in [2.45, 2.75) is 6.36 Å². The van der Waals surface area contributed by atoms with Gasteiger partial charge in [0.05, 0.1) is 13.3 Å². The van der Waals surface area contributed by atoms with E-state index in [2.05, 4.69) is 14.5 Å². The Bertz CT molecular complexity index is 701.